The van der Waals surface area contributed by atoms with Crippen molar-refractivity contribution in [2.24, 2.45) is 61.1 Å². The van der Waals surface area contributed by atoms with Gasteiger partial charge in [-0.25, -0.2) is 4.79 Å². The van der Waals surface area contributed by atoms with E-state index in [9.17, 15) is 19.6 Å². The van der Waals surface area contributed by atoms with Gasteiger partial charge in [-0.2, -0.15) is 5.26 Å². The van der Waals surface area contributed by atoms with Crippen molar-refractivity contribution >= 4 is 23.4 Å². The lowest BCUT2D eigenvalue weighted by atomic mass is 9.34. The molecule has 0 heterocycles. The number of allylic oxidation sites excluding steroid dienone is 4. The Kier molecular flexibility index (Phi) is 6.62. The van der Waals surface area contributed by atoms with E-state index in [4.69, 9.17) is 10.6 Å². The number of Topliss-reactive ketones (excluding diaryl/α,β-unsaturated/α-hetero) is 1. The van der Waals surface area contributed by atoms with Gasteiger partial charge in [0.15, 0.2) is 11.6 Å². The molecule has 2 N–H and O–H groups in total. The van der Waals surface area contributed by atoms with Crippen LogP contribution in [0, 0.1) is 61.6 Å². The molecule has 7 atom stereocenters. The number of fused-ring (bicyclic) bond motifs is 7. The third kappa shape index (κ3) is 3.88. The van der Waals surface area contributed by atoms with Crippen LogP contribution in [-0.4, -0.2) is 23.4 Å². The van der Waals surface area contributed by atoms with Crippen molar-refractivity contribution in [2.45, 2.75) is 107 Å². The molecule has 0 aromatic carbocycles. The third-order valence-electron chi connectivity index (χ3n) is 12.9. The van der Waals surface area contributed by atoms with E-state index < -0.39 is 16.2 Å². The fraction of sp³-hybridized carbons (Fsp3) is 0.735. The van der Waals surface area contributed by atoms with Crippen LogP contribution in [0.25, 0.3) is 0 Å². The molecule has 3 fully saturated rings. The van der Waals surface area contributed by atoms with Crippen LogP contribution in [0.1, 0.15) is 107 Å². The fourth-order valence-corrected chi connectivity index (χ4v) is 10.2. The van der Waals surface area contributed by atoms with Crippen LogP contribution in [0.2, 0.25) is 0 Å². The van der Waals surface area contributed by atoms with E-state index in [2.05, 4.69) is 45.8 Å². The topological polar surface area (TPSA) is 123 Å². The summed E-state index contributed by atoms with van der Waals surface area (Å²) in [5, 5.41) is 13.9. The van der Waals surface area contributed by atoms with Gasteiger partial charge in [0, 0.05) is 23.2 Å². The largest absolute Gasteiger partial charge is 0.384 e. The monoisotopic (exact) mass is 561 g/mol. The Morgan fingerprint density at radius 2 is 1.73 bits per heavy atom. The van der Waals surface area contributed by atoms with E-state index in [1.165, 1.54) is 0 Å². The smallest absolute Gasteiger partial charge is 0.341 e. The number of nitrogens with two attached hydrogens (primary N) is 1. The molecule has 0 spiro atoms. The highest BCUT2D eigenvalue weighted by molar-refractivity contribution is 6.04. The van der Waals surface area contributed by atoms with Gasteiger partial charge >= 0.3 is 5.97 Å². The zero-order chi connectivity index (χ0) is 30.4. The van der Waals surface area contributed by atoms with Gasteiger partial charge in [0.2, 0.25) is 0 Å². The minimum Gasteiger partial charge on any atom is -0.384 e. The number of amidine groups is 1. The maximum absolute atomic E-state index is 14.5. The van der Waals surface area contributed by atoms with Gasteiger partial charge < -0.3 is 10.6 Å². The minimum atomic E-state index is -0.775. The summed E-state index contributed by atoms with van der Waals surface area (Å²) in [7, 11) is 0. The first-order valence-electron chi connectivity index (χ1n) is 15.4. The number of oxime groups is 1. The van der Waals surface area contributed by atoms with Gasteiger partial charge in [-0.3, -0.25) is 9.59 Å². The lowest BCUT2D eigenvalue weighted by molar-refractivity contribution is -0.193. The molecule has 222 valence electrons. The number of carbonyl (C=O) groups excluding carboxylic acids is 3. The number of carbonyl (C=O) groups is 3. The predicted octanol–water partition coefficient (Wildman–Crippen LogP) is 6.43. The number of rotatable bonds is 3. The molecule has 2 unspecified atom stereocenters. The lowest BCUT2D eigenvalue weighted by Gasteiger charge is -2.68. The van der Waals surface area contributed by atoms with Crippen molar-refractivity contribution in [1.82, 2.24) is 0 Å². The molecule has 5 rings (SSSR count). The zero-order valence-electron chi connectivity index (χ0n) is 26.1. The molecule has 0 amide bonds. The van der Waals surface area contributed by atoms with E-state index in [1.54, 1.807) is 0 Å². The Morgan fingerprint density at radius 3 is 2.37 bits per heavy atom. The number of hydrogen-bond acceptors (Lipinski definition) is 6. The molecule has 5 aliphatic carbocycles. The molecule has 0 aromatic heterocycles. The maximum Gasteiger partial charge on any atom is 0.341 e. The second-order valence-electron chi connectivity index (χ2n) is 15.7. The van der Waals surface area contributed by atoms with Crippen LogP contribution in [-0.2, 0) is 19.2 Å². The zero-order valence-corrected chi connectivity index (χ0v) is 26.1. The summed E-state index contributed by atoms with van der Waals surface area (Å²) in [6.07, 6.45) is 9.59. The summed E-state index contributed by atoms with van der Waals surface area (Å²) in [6.45, 7) is 17.0. The van der Waals surface area contributed by atoms with Crippen LogP contribution < -0.4 is 5.73 Å². The SMILES string of the molecule is CCC(N)=NOC(=O)[C@]12CCC(C)(C)CC1C1C(=O)C=C3[C@@]4(C)C=C(C#N)C(=O)C(C)(C)[C@@H]4CC[C@@]3(C)[C@]1(C)CC2. The first kappa shape index (κ1) is 29.7. The molecule has 0 radical (unpaired) electrons. The standard InChI is InChI=1S/C34H47N3O4/c1-9-25(36)37-41-28(40)34-14-12-29(2,3)18-21(34)26-22(38)16-24-31(6)17-20(19-35)27(39)30(4,5)23(31)10-11-32(24,7)33(26,8)13-15-34/h16-17,21,23,26H,9-15,18H2,1-8H3,(H2,36,37)/t21?,23-,26?,31-,32+,33+,34-/m0/s1. The minimum absolute atomic E-state index is 0.0000312. The van der Waals surface area contributed by atoms with E-state index in [0.29, 0.717) is 25.7 Å². The number of ketones is 2. The van der Waals surface area contributed by atoms with E-state index in [0.717, 1.165) is 31.3 Å². The molecule has 7 heteroatoms. The predicted molar refractivity (Wildman–Crippen MR) is 157 cm³/mol. The van der Waals surface area contributed by atoms with Gasteiger partial charge in [-0.15, -0.1) is 0 Å². The Hall–Kier alpha value is -2.75. The third-order valence-corrected chi connectivity index (χ3v) is 12.9. The number of nitriles is 1. The maximum atomic E-state index is 14.5. The van der Waals surface area contributed by atoms with Gasteiger partial charge in [0.05, 0.1) is 11.0 Å². The summed E-state index contributed by atoms with van der Waals surface area (Å²) in [5.41, 5.74) is 4.36. The van der Waals surface area contributed by atoms with Crippen molar-refractivity contribution in [3.8, 4) is 6.07 Å². The van der Waals surface area contributed by atoms with E-state index in [-0.39, 0.29) is 62.9 Å². The van der Waals surface area contributed by atoms with Crippen LogP contribution in [0.3, 0.4) is 0 Å². The average Bonchev–Trinajstić information content (AvgIpc) is 2.90. The van der Waals surface area contributed by atoms with E-state index >= 15 is 0 Å². The molecular weight excluding hydrogens is 514 g/mol. The summed E-state index contributed by atoms with van der Waals surface area (Å²) in [4.78, 5) is 47.2. The Labute approximate surface area is 245 Å². The normalized spacial score (nSPS) is 42.8. The molecule has 0 bridgehead atoms. The Bertz CT molecular complexity index is 1350. The summed E-state index contributed by atoms with van der Waals surface area (Å²) in [6, 6.07) is 2.17. The summed E-state index contributed by atoms with van der Waals surface area (Å²) >= 11 is 0. The van der Waals surface area contributed by atoms with Crippen molar-refractivity contribution in [3.63, 3.8) is 0 Å². The van der Waals surface area contributed by atoms with Gasteiger partial charge in [0.1, 0.15) is 11.9 Å². The van der Waals surface area contributed by atoms with Gasteiger partial charge in [-0.05, 0) is 79.1 Å². The highest BCUT2D eigenvalue weighted by Crippen LogP contribution is 2.74. The highest BCUT2D eigenvalue weighted by atomic mass is 16.7. The molecule has 0 aliphatic heterocycles. The van der Waals surface area contributed by atoms with Crippen LogP contribution in [0.15, 0.2) is 28.5 Å². The van der Waals surface area contributed by atoms with E-state index in [1.807, 2.05) is 32.9 Å². The second kappa shape index (κ2) is 9.12. The van der Waals surface area contributed by atoms with Crippen LogP contribution >= 0.6 is 0 Å². The highest BCUT2D eigenvalue weighted by Gasteiger charge is 2.71. The Balaban J connectivity index is 1.66. The molecule has 0 saturated heterocycles. The van der Waals surface area contributed by atoms with Gasteiger partial charge in [0.25, 0.3) is 0 Å². The first-order valence-corrected chi connectivity index (χ1v) is 15.4. The van der Waals surface area contributed by atoms with Crippen molar-refractivity contribution < 1.29 is 19.2 Å². The number of nitrogens with zero attached hydrogens (tertiary/aromatic N) is 2. The second-order valence-corrected chi connectivity index (χ2v) is 15.7. The first-order chi connectivity index (χ1) is 18.9. The molecule has 5 aliphatic rings. The average molecular weight is 562 g/mol. The Morgan fingerprint density at radius 1 is 1.07 bits per heavy atom. The molecular formula is C34H47N3O4. The summed E-state index contributed by atoms with van der Waals surface area (Å²) < 4.78 is 0. The quantitative estimate of drug-likeness (QED) is 0.183. The molecule has 7 nitrogen and oxygen atoms in total. The molecule has 41 heavy (non-hydrogen) atoms. The molecule has 3 saturated carbocycles. The van der Waals surface area contributed by atoms with Crippen molar-refractivity contribution in [3.05, 3.63) is 23.3 Å². The van der Waals surface area contributed by atoms with Gasteiger partial charge in [-0.1, -0.05) is 72.2 Å². The van der Waals surface area contributed by atoms with Crippen molar-refractivity contribution in [1.29, 1.82) is 5.26 Å². The number of hydrogen-bond donors (Lipinski definition) is 1. The van der Waals surface area contributed by atoms with Crippen LogP contribution in [0.4, 0.5) is 0 Å². The fourth-order valence-electron chi connectivity index (χ4n) is 10.2. The lowest BCUT2D eigenvalue weighted by Crippen LogP contribution is -2.65. The van der Waals surface area contributed by atoms with Crippen molar-refractivity contribution in [2.75, 3.05) is 0 Å². The van der Waals surface area contributed by atoms with Crippen LogP contribution in [0.5, 0.6) is 0 Å². The molecule has 0 aromatic rings. The summed E-state index contributed by atoms with van der Waals surface area (Å²) in [5.74, 6) is -0.607.